The fraction of sp³-hybridized carbons (Fsp3) is 0.588. The zero-order valence-electron chi connectivity index (χ0n) is 13.5. The normalized spacial score (nSPS) is 25.7. The van der Waals surface area contributed by atoms with E-state index in [2.05, 4.69) is 11.9 Å². The van der Waals surface area contributed by atoms with Crippen molar-refractivity contribution in [3.63, 3.8) is 0 Å². The molecule has 0 aromatic heterocycles. The van der Waals surface area contributed by atoms with E-state index >= 15 is 0 Å². The lowest BCUT2D eigenvalue weighted by atomic mass is 10.1. The number of nitrogens with zero attached hydrogens (tertiary/aromatic N) is 2. The van der Waals surface area contributed by atoms with Gasteiger partial charge in [-0.05, 0) is 26.1 Å². The molecule has 3 rings (SSSR count). The van der Waals surface area contributed by atoms with Crippen molar-refractivity contribution in [3.05, 3.63) is 29.3 Å². The summed E-state index contributed by atoms with van der Waals surface area (Å²) >= 11 is 0. The Morgan fingerprint density at radius 1 is 1.27 bits per heavy atom. The number of hydrogen-bond acceptors (Lipinski definition) is 4. The first-order valence-corrected chi connectivity index (χ1v) is 7.80. The average Bonchev–Trinajstić information content (AvgIpc) is 2.76. The molecule has 5 nitrogen and oxygen atoms in total. The van der Waals surface area contributed by atoms with Crippen LogP contribution in [0.1, 0.15) is 15.9 Å². The molecule has 0 N–H and O–H groups in total. The number of aryl methyl sites for hydroxylation is 1. The summed E-state index contributed by atoms with van der Waals surface area (Å²) in [6.07, 6.45) is 0. The van der Waals surface area contributed by atoms with Crippen LogP contribution in [0.5, 0.6) is 5.75 Å². The first kappa shape index (κ1) is 15.3. The second-order valence-electron chi connectivity index (χ2n) is 6.44. The van der Waals surface area contributed by atoms with Crippen molar-refractivity contribution in [1.29, 1.82) is 0 Å². The van der Waals surface area contributed by atoms with Gasteiger partial charge in [-0.25, -0.2) is 0 Å². The molecule has 1 amide bonds. The van der Waals surface area contributed by atoms with Crippen LogP contribution in [0.2, 0.25) is 0 Å². The number of fused-ring (bicyclic) bond motifs is 3. The highest BCUT2D eigenvalue weighted by Gasteiger charge is 2.35. The van der Waals surface area contributed by atoms with E-state index in [1.165, 1.54) is 0 Å². The minimum Gasteiger partial charge on any atom is -0.496 e. The number of rotatable bonds is 2. The van der Waals surface area contributed by atoms with E-state index in [0.717, 1.165) is 31.8 Å². The van der Waals surface area contributed by atoms with Gasteiger partial charge in [0.25, 0.3) is 5.91 Å². The number of hydrogen-bond donors (Lipinski definition) is 0. The Morgan fingerprint density at radius 3 is 2.86 bits per heavy atom. The smallest absolute Gasteiger partial charge is 0.258 e. The van der Waals surface area contributed by atoms with Crippen molar-refractivity contribution in [2.45, 2.75) is 13.0 Å². The molecule has 22 heavy (non-hydrogen) atoms. The van der Waals surface area contributed by atoms with Crippen LogP contribution in [-0.4, -0.2) is 68.8 Å². The quantitative estimate of drug-likeness (QED) is 0.828. The van der Waals surface area contributed by atoms with Crippen molar-refractivity contribution in [3.8, 4) is 5.75 Å². The number of likely N-dealkylation sites (N-methyl/N-ethyl adjacent to an activating group) is 1. The molecule has 0 radical (unpaired) electrons. The molecule has 120 valence electrons. The first-order chi connectivity index (χ1) is 10.6. The summed E-state index contributed by atoms with van der Waals surface area (Å²) in [4.78, 5) is 17.4. The molecule has 2 heterocycles. The van der Waals surface area contributed by atoms with Gasteiger partial charge in [-0.1, -0.05) is 11.6 Å². The lowest BCUT2D eigenvalue weighted by Crippen LogP contribution is -2.46. The molecule has 0 saturated carbocycles. The van der Waals surface area contributed by atoms with E-state index in [0.29, 0.717) is 23.8 Å². The van der Waals surface area contributed by atoms with Gasteiger partial charge in [-0.15, -0.1) is 0 Å². The standard InChI is InChI=1S/C17H24N2O3/c1-12-4-5-16(21-3)15(6-12)17(20)19-8-13-7-18(2)9-14(19)11-22-10-13/h4-6,13-14H,7-11H2,1-3H3/t13-,14-/m0/s1. The number of ether oxygens (including phenoxy) is 2. The van der Waals surface area contributed by atoms with E-state index in [1.807, 2.05) is 30.0 Å². The Labute approximate surface area is 131 Å². The van der Waals surface area contributed by atoms with Crippen molar-refractivity contribution in [2.75, 3.05) is 47.0 Å². The lowest BCUT2D eigenvalue weighted by molar-refractivity contribution is 0.0482. The maximum atomic E-state index is 13.1. The van der Waals surface area contributed by atoms with Gasteiger partial charge in [-0.3, -0.25) is 4.79 Å². The number of benzene rings is 1. The van der Waals surface area contributed by atoms with Crippen molar-refractivity contribution >= 4 is 5.91 Å². The minimum absolute atomic E-state index is 0.0522. The monoisotopic (exact) mass is 304 g/mol. The summed E-state index contributed by atoms with van der Waals surface area (Å²) in [6, 6.07) is 5.86. The van der Waals surface area contributed by atoms with Crippen LogP contribution in [0.4, 0.5) is 0 Å². The van der Waals surface area contributed by atoms with Gasteiger partial charge in [-0.2, -0.15) is 0 Å². The van der Waals surface area contributed by atoms with Gasteiger partial charge in [0.1, 0.15) is 5.75 Å². The second-order valence-corrected chi connectivity index (χ2v) is 6.44. The Hall–Kier alpha value is -1.59. The molecule has 5 heteroatoms. The zero-order chi connectivity index (χ0) is 15.7. The molecule has 0 aliphatic carbocycles. The van der Waals surface area contributed by atoms with Crippen LogP contribution in [0.15, 0.2) is 18.2 Å². The fourth-order valence-corrected chi connectivity index (χ4v) is 3.47. The summed E-state index contributed by atoms with van der Waals surface area (Å²) < 4.78 is 11.1. The summed E-state index contributed by atoms with van der Waals surface area (Å²) in [5.41, 5.74) is 1.72. The van der Waals surface area contributed by atoms with Crippen LogP contribution in [0.3, 0.4) is 0 Å². The van der Waals surface area contributed by atoms with Crippen molar-refractivity contribution < 1.29 is 14.3 Å². The largest absolute Gasteiger partial charge is 0.496 e. The molecule has 2 bridgehead atoms. The van der Waals surface area contributed by atoms with E-state index in [1.54, 1.807) is 7.11 Å². The molecule has 2 fully saturated rings. The molecule has 0 spiro atoms. The topological polar surface area (TPSA) is 42.0 Å². The summed E-state index contributed by atoms with van der Waals surface area (Å²) in [7, 11) is 3.73. The van der Waals surface area contributed by atoms with Crippen LogP contribution >= 0.6 is 0 Å². The van der Waals surface area contributed by atoms with E-state index < -0.39 is 0 Å². The van der Waals surface area contributed by atoms with Gasteiger partial charge < -0.3 is 19.3 Å². The third kappa shape index (κ3) is 2.96. The van der Waals surface area contributed by atoms with Gasteiger partial charge in [0.05, 0.1) is 31.9 Å². The van der Waals surface area contributed by atoms with Gasteiger partial charge in [0.15, 0.2) is 0 Å². The van der Waals surface area contributed by atoms with Crippen molar-refractivity contribution in [2.24, 2.45) is 5.92 Å². The van der Waals surface area contributed by atoms with Crippen LogP contribution < -0.4 is 4.74 Å². The maximum absolute atomic E-state index is 13.1. The van der Waals surface area contributed by atoms with Gasteiger partial charge in [0, 0.05) is 25.6 Å². The number of amides is 1. The zero-order valence-corrected chi connectivity index (χ0v) is 13.5. The van der Waals surface area contributed by atoms with Gasteiger partial charge in [0.2, 0.25) is 0 Å². The van der Waals surface area contributed by atoms with Crippen LogP contribution in [0, 0.1) is 12.8 Å². The van der Waals surface area contributed by atoms with Crippen LogP contribution in [-0.2, 0) is 4.74 Å². The fourth-order valence-electron chi connectivity index (χ4n) is 3.47. The predicted octanol–water partition coefficient (Wildman–Crippen LogP) is 1.41. The summed E-state index contributed by atoms with van der Waals surface area (Å²) in [5.74, 6) is 1.07. The Kier molecular flexibility index (Phi) is 4.36. The first-order valence-electron chi connectivity index (χ1n) is 7.80. The number of carbonyl (C=O) groups excluding carboxylic acids is 1. The highest BCUT2D eigenvalue weighted by molar-refractivity contribution is 5.97. The van der Waals surface area contributed by atoms with Gasteiger partial charge >= 0.3 is 0 Å². The number of methoxy groups -OCH3 is 1. The maximum Gasteiger partial charge on any atom is 0.258 e. The molecular formula is C17H24N2O3. The molecule has 1 aromatic rings. The minimum atomic E-state index is 0.0522. The summed E-state index contributed by atoms with van der Waals surface area (Å²) in [6.45, 7) is 5.93. The third-order valence-electron chi connectivity index (χ3n) is 4.50. The Morgan fingerprint density at radius 2 is 2.09 bits per heavy atom. The molecule has 2 aliphatic rings. The molecule has 2 atom stereocenters. The summed E-state index contributed by atoms with van der Waals surface area (Å²) in [5, 5.41) is 0. The second kappa shape index (κ2) is 6.26. The Bertz CT molecular complexity index is 561. The Balaban J connectivity index is 1.92. The molecule has 2 aliphatic heterocycles. The number of carbonyl (C=O) groups is 1. The van der Waals surface area contributed by atoms with E-state index in [4.69, 9.17) is 9.47 Å². The highest BCUT2D eigenvalue weighted by atomic mass is 16.5. The lowest BCUT2D eigenvalue weighted by Gasteiger charge is -2.30. The van der Waals surface area contributed by atoms with Crippen molar-refractivity contribution in [1.82, 2.24) is 9.80 Å². The highest BCUT2D eigenvalue weighted by Crippen LogP contribution is 2.26. The molecule has 2 saturated heterocycles. The van der Waals surface area contributed by atoms with Crippen LogP contribution in [0.25, 0.3) is 0 Å². The predicted molar refractivity (Wildman–Crippen MR) is 84.4 cm³/mol. The molecule has 0 unspecified atom stereocenters. The van der Waals surface area contributed by atoms with E-state index in [9.17, 15) is 4.79 Å². The SMILES string of the molecule is COc1ccc(C)cc1C(=O)N1C[C@H]2COC[C@@H]1CN(C)C2. The third-order valence-corrected chi connectivity index (χ3v) is 4.50. The average molecular weight is 304 g/mol. The molecular weight excluding hydrogens is 280 g/mol. The molecule has 1 aromatic carbocycles. The van der Waals surface area contributed by atoms with E-state index in [-0.39, 0.29) is 11.9 Å².